The first kappa shape index (κ1) is 17.9. The minimum atomic E-state index is -0.316. The Morgan fingerprint density at radius 2 is 2.07 bits per heavy atom. The van der Waals surface area contributed by atoms with Gasteiger partial charge < -0.3 is 10.6 Å². The number of amides is 3. The van der Waals surface area contributed by atoms with E-state index in [0.717, 1.165) is 28.7 Å². The second-order valence-electron chi connectivity index (χ2n) is 6.56. The molecule has 4 rings (SSSR count). The Hall–Kier alpha value is -2.52. The van der Waals surface area contributed by atoms with Crippen molar-refractivity contribution in [1.29, 1.82) is 0 Å². The van der Waals surface area contributed by atoms with Gasteiger partial charge in [-0.15, -0.1) is 0 Å². The van der Waals surface area contributed by atoms with Gasteiger partial charge >= 0.3 is 0 Å². The van der Waals surface area contributed by atoms with Crippen molar-refractivity contribution in [2.75, 3.05) is 18.4 Å². The molecule has 8 nitrogen and oxygen atoms in total. The maximum absolute atomic E-state index is 12.4. The predicted octanol–water partition coefficient (Wildman–Crippen LogP) is 1.83. The van der Waals surface area contributed by atoms with Crippen LogP contribution in [0.1, 0.15) is 44.8 Å². The number of halogens is 1. The SMILES string of the molecule is O=C(CCCN1C(=O)c2ccc(Br)cc2C1=O)Nc1n[nH]c2c1CNCC2. The number of carbonyl (C=O) groups excluding carboxylic acids is 3. The molecule has 3 N–H and O–H groups in total. The van der Waals surface area contributed by atoms with Crippen LogP contribution < -0.4 is 10.6 Å². The van der Waals surface area contributed by atoms with Crippen molar-refractivity contribution in [2.45, 2.75) is 25.8 Å². The summed E-state index contributed by atoms with van der Waals surface area (Å²) in [5.41, 5.74) is 2.83. The van der Waals surface area contributed by atoms with Gasteiger partial charge in [-0.25, -0.2) is 0 Å². The number of nitrogens with zero attached hydrogens (tertiary/aromatic N) is 2. The maximum Gasteiger partial charge on any atom is 0.261 e. The molecule has 0 saturated heterocycles. The van der Waals surface area contributed by atoms with E-state index in [1.165, 1.54) is 4.90 Å². The lowest BCUT2D eigenvalue weighted by atomic mass is 10.1. The molecule has 2 aliphatic heterocycles. The van der Waals surface area contributed by atoms with Crippen LogP contribution >= 0.6 is 15.9 Å². The molecule has 3 heterocycles. The third-order valence-corrected chi connectivity index (χ3v) is 5.28. The number of anilines is 1. The van der Waals surface area contributed by atoms with Gasteiger partial charge in [0, 0.05) is 48.2 Å². The lowest BCUT2D eigenvalue weighted by Crippen LogP contribution is -2.31. The van der Waals surface area contributed by atoms with Crippen LogP contribution in [0.15, 0.2) is 22.7 Å². The summed E-state index contributed by atoms with van der Waals surface area (Å²) in [4.78, 5) is 38.2. The van der Waals surface area contributed by atoms with E-state index in [1.807, 2.05) is 0 Å². The summed E-state index contributed by atoms with van der Waals surface area (Å²) >= 11 is 3.31. The van der Waals surface area contributed by atoms with Crippen molar-refractivity contribution < 1.29 is 14.4 Å². The van der Waals surface area contributed by atoms with Gasteiger partial charge in [-0.1, -0.05) is 15.9 Å². The molecule has 0 spiro atoms. The summed E-state index contributed by atoms with van der Waals surface area (Å²) in [6.45, 7) is 1.77. The fourth-order valence-corrected chi connectivity index (χ4v) is 3.75. The highest BCUT2D eigenvalue weighted by atomic mass is 79.9. The molecule has 0 aliphatic carbocycles. The first-order valence-corrected chi connectivity index (χ1v) is 9.56. The molecule has 0 fully saturated rings. The quantitative estimate of drug-likeness (QED) is 0.625. The number of nitrogens with one attached hydrogen (secondary N) is 3. The average Bonchev–Trinajstić information content (AvgIpc) is 3.16. The molecule has 3 amide bonds. The van der Waals surface area contributed by atoms with Gasteiger partial charge in [0.05, 0.1) is 11.1 Å². The molecule has 1 aromatic heterocycles. The largest absolute Gasteiger partial charge is 0.312 e. The van der Waals surface area contributed by atoms with Crippen LogP contribution in [0, 0.1) is 0 Å². The molecule has 0 radical (unpaired) electrons. The Morgan fingerprint density at radius 3 is 2.93 bits per heavy atom. The molecular weight excluding hydrogens is 414 g/mol. The number of benzene rings is 1. The highest BCUT2D eigenvalue weighted by Gasteiger charge is 2.35. The van der Waals surface area contributed by atoms with Gasteiger partial charge in [-0.05, 0) is 24.6 Å². The number of carbonyl (C=O) groups is 3. The van der Waals surface area contributed by atoms with E-state index in [-0.39, 0.29) is 30.7 Å². The number of rotatable bonds is 5. The molecule has 27 heavy (non-hydrogen) atoms. The Kier molecular flexibility index (Phi) is 4.79. The number of imide groups is 1. The second kappa shape index (κ2) is 7.24. The van der Waals surface area contributed by atoms with Crippen molar-refractivity contribution in [1.82, 2.24) is 20.4 Å². The molecule has 2 aliphatic rings. The average molecular weight is 432 g/mol. The summed E-state index contributed by atoms with van der Waals surface area (Å²) in [5.74, 6) is -0.262. The first-order valence-electron chi connectivity index (χ1n) is 8.77. The molecular formula is C18H18BrN5O3. The third-order valence-electron chi connectivity index (χ3n) is 4.78. The van der Waals surface area contributed by atoms with E-state index in [0.29, 0.717) is 29.9 Å². The van der Waals surface area contributed by atoms with Crippen LogP contribution in [0.2, 0.25) is 0 Å². The molecule has 9 heteroatoms. The van der Waals surface area contributed by atoms with E-state index in [2.05, 4.69) is 36.8 Å². The number of hydrogen-bond acceptors (Lipinski definition) is 5. The monoisotopic (exact) mass is 431 g/mol. The lowest BCUT2D eigenvalue weighted by Gasteiger charge is -2.14. The smallest absolute Gasteiger partial charge is 0.261 e. The van der Waals surface area contributed by atoms with Crippen LogP contribution in [-0.2, 0) is 17.8 Å². The van der Waals surface area contributed by atoms with Gasteiger partial charge in [0.1, 0.15) is 0 Å². The van der Waals surface area contributed by atoms with Gasteiger partial charge in [0.2, 0.25) is 5.91 Å². The molecule has 2 aromatic rings. The number of aromatic nitrogens is 2. The Morgan fingerprint density at radius 1 is 1.26 bits per heavy atom. The maximum atomic E-state index is 12.4. The van der Waals surface area contributed by atoms with Gasteiger partial charge in [0.15, 0.2) is 5.82 Å². The van der Waals surface area contributed by atoms with E-state index in [1.54, 1.807) is 18.2 Å². The van der Waals surface area contributed by atoms with Crippen LogP contribution in [0.4, 0.5) is 5.82 Å². The number of H-pyrrole nitrogens is 1. The van der Waals surface area contributed by atoms with Crippen molar-refractivity contribution in [2.24, 2.45) is 0 Å². The highest BCUT2D eigenvalue weighted by molar-refractivity contribution is 9.10. The topological polar surface area (TPSA) is 107 Å². The third kappa shape index (κ3) is 3.40. The standard InChI is InChI=1S/C18H18BrN5O3/c19-10-3-4-11-12(8-10)18(27)24(17(11)26)7-1-2-15(25)21-16-13-9-20-6-5-14(13)22-23-16/h3-4,8,20H,1-2,5-7,9H2,(H2,21,22,23,25). The molecule has 0 atom stereocenters. The summed E-state index contributed by atoms with van der Waals surface area (Å²) in [6.07, 6.45) is 1.45. The minimum Gasteiger partial charge on any atom is -0.312 e. The Labute approximate surface area is 163 Å². The second-order valence-corrected chi connectivity index (χ2v) is 7.48. The Balaban J connectivity index is 1.32. The van der Waals surface area contributed by atoms with E-state index >= 15 is 0 Å². The van der Waals surface area contributed by atoms with Crippen LogP contribution in [0.25, 0.3) is 0 Å². The summed E-state index contributed by atoms with van der Waals surface area (Å²) in [6, 6.07) is 5.03. The zero-order valence-corrected chi connectivity index (χ0v) is 16.1. The molecule has 0 unspecified atom stereocenters. The van der Waals surface area contributed by atoms with Crippen molar-refractivity contribution in [3.8, 4) is 0 Å². The van der Waals surface area contributed by atoms with E-state index in [9.17, 15) is 14.4 Å². The minimum absolute atomic E-state index is 0.186. The summed E-state index contributed by atoms with van der Waals surface area (Å²) in [7, 11) is 0. The van der Waals surface area contributed by atoms with Gasteiger partial charge in [-0.3, -0.25) is 24.4 Å². The van der Waals surface area contributed by atoms with Crippen LogP contribution in [0.3, 0.4) is 0 Å². The normalized spacial score (nSPS) is 15.7. The lowest BCUT2D eigenvalue weighted by molar-refractivity contribution is -0.116. The summed E-state index contributed by atoms with van der Waals surface area (Å²) in [5, 5.41) is 13.2. The zero-order chi connectivity index (χ0) is 19.0. The van der Waals surface area contributed by atoms with Crippen LogP contribution in [-0.4, -0.2) is 45.9 Å². The molecule has 0 saturated carbocycles. The highest BCUT2D eigenvalue weighted by Crippen LogP contribution is 2.26. The van der Waals surface area contributed by atoms with E-state index in [4.69, 9.17) is 0 Å². The predicted molar refractivity (Wildman–Crippen MR) is 101 cm³/mol. The molecule has 140 valence electrons. The molecule has 0 bridgehead atoms. The van der Waals surface area contributed by atoms with Gasteiger partial charge in [-0.2, -0.15) is 5.10 Å². The number of fused-ring (bicyclic) bond motifs is 2. The fraction of sp³-hybridized carbons (Fsp3) is 0.333. The summed E-state index contributed by atoms with van der Waals surface area (Å²) < 4.78 is 0.750. The van der Waals surface area contributed by atoms with Crippen molar-refractivity contribution in [3.05, 3.63) is 45.1 Å². The number of aromatic amines is 1. The number of hydrogen-bond donors (Lipinski definition) is 3. The van der Waals surface area contributed by atoms with E-state index < -0.39 is 0 Å². The van der Waals surface area contributed by atoms with Crippen molar-refractivity contribution >= 4 is 39.5 Å². The Bertz CT molecular complexity index is 939. The fourth-order valence-electron chi connectivity index (χ4n) is 3.39. The first-order chi connectivity index (χ1) is 13.0. The molecule has 1 aromatic carbocycles. The van der Waals surface area contributed by atoms with Crippen molar-refractivity contribution in [3.63, 3.8) is 0 Å². The van der Waals surface area contributed by atoms with Gasteiger partial charge in [0.25, 0.3) is 11.8 Å². The zero-order valence-electron chi connectivity index (χ0n) is 14.5. The van der Waals surface area contributed by atoms with Crippen LogP contribution in [0.5, 0.6) is 0 Å².